The summed E-state index contributed by atoms with van der Waals surface area (Å²) in [7, 11) is 1.47. The molecule has 1 aromatic rings. The lowest BCUT2D eigenvalue weighted by molar-refractivity contribution is -0.138. The van der Waals surface area contributed by atoms with Gasteiger partial charge in [-0.2, -0.15) is 0 Å². The molecular weight excluding hydrogens is 213 g/mol. The second kappa shape index (κ2) is 5.58. The Hall–Kier alpha value is -1.46. The minimum atomic E-state index is -1.14. The van der Waals surface area contributed by atoms with Crippen molar-refractivity contribution in [1.29, 1.82) is 0 Å². The van der Waals surface area contributed by atoms with E-state index in [1.807, 2.05) is 0 Å². The molecule has 88 valence electrons. The maximum Gasteiger partial charge on any atom is 0.320 e. The average molecular weight is 227 g/mol. The maximum atomic E-state index is 13.8. The van der Waals surface area contributed by atoms with Crippen LogP contribution in [0.25, 0.3) is 0 Å². The molecule has 0 saturated carbocycles. The normalized spacial score (nSPS) is 12.4. The summed E-state index contributed by atoms with van der Waals surface area (Å²) in [5.74, 6) is -1.59. The molecule has 0 fully saturated rings. The van der Waals surface area contributed by atoms with E-state index in [-0.39, 0.29) is 13.0 Å². The number of carbonyl (C=O) groups is 1. The van der Waals surface area contributed by atoms with Crippen LogP contribution in [-0.2, 0) is 22.6 Å². The summed E-state index contributed by atoms with van der Waals surface area (Å²) in [6, 6.07) is 3.68. The molecule has 3 N–H and O–H groups in total. The molecule has 0 aliphatic carbocycles. The number of ether oxygens (including phenoxy) is 1. The largest absolute Gasteiger partial charge is 0.480 e. The van der Waals surface area contributed by atoms with Crippen molar-refractivity contribution in [3.8, 4) is 0 Å². The number of hydrogen-bond donors (Lipinski definition) is 2. The number of nitrogens with two attached hydrogens (primary N) is 1. The van der Waals surface area contributed by atoms with E-state index in [1.165, 1.54) is 13.2 Å². The number of rotatable bonds is 5. The zero-order chi connectivity index (χ0) is 12.1. The first-order valence-corrected chi connectivity index (χ1v) is 4.80. The van der Waals surface area contributed by atoms with Gasteiger partial charge in [0, 0.05) is 19.1 Å². The van der Waals surface area contributed by atoms with E-state index >= 15 is 0 Å². The molecule has 5 heteroatoms. The van der Waals surface area contributed by atoms with Gasteiger partial charge in [0.1, 0.15) is 11.9 Å². The van der Waals surface area contributed by atoms with Crippen molar-refractivity contribution in [2.75, 3.05) is 7.11 Å². The quantitative estimate of drug-likeness (QED) is 0.784. The fraction of sp³-hybridized carbons (Fsp3) is 0.364. The van der Waals surface area contributed by atoms with E-state index in [0.717, 1.165) is 0 Å². The van der Waals surface area contributed by atoms with Gasteiger partial charge < -0.3 is 15.6 Å². The van der Waals surface area contributed by atoms with Crippen LogP contribution in [0.5, 0.6) is 0 Å². The third kappa shape index (κ3) is 3.01. The number of halogens is 1. The fourth-order valence-electron chi connectivity index (χ4n) is 1.38. The van der Waals surface area contributed by atoms with Crippen molar-refractivity contribution in [1.82, 2.24) is 0 Å². The number of carboxylic acids is 1. The molecule has 0 saturated heterocycles. The van der Waals surface area contributed by atoms with Crippen molar-refractivity contribution >= 4 is 5.97 Å². The SMILES string of the molecule is COCc1cccc(CC(N)C(=O)O)c1F. The number of carboxylic acid groups (broad SMARTS) is 1. The molecule has 0 bridgehead atoms. The smallest absolute Gasteiger partial charge is 0.320 e. The highest BCUT2D eigenvalue weighted by Gasteiger charge is 2.16. The molecule has 16 heavy (non-hydrogen) atoms. The third-order valence-electron chi connectivity index (χ3n) is 2.22. The van der Waals surface area contributed by atoms with Crippen LogP contribution in [0.4, 0.5) is 4.39 Å². The van der Waals surface area contributed by atoms with Crippen LogP contribution in [-0.4, -0.2) is 24.2 Å². The lowest BCUT2D eigenvalue weighted by Crippen LogP contribution is -2.32. The Kier molecular flexibility index (Phi) is 4.39. The second-order valence-corrected chi connectivity index (χ2v) is 3.47. The predicted octanol–water partition coefficient (Wildman–Crippen LogP) is 0.927. The van der Waals surface area contributed by atoms with E-state index in [2.05, 4.69) is 0 Å². The van der Waals surface area contributed by atoms with Crippen molar-refractivity contribution in [2.45, 2.75) is 19.1 Å². The van der Waals surface area contributed by atoms with Crippen molar-refractivity contribution in [3.63, 3.8) is 0 Å². The van der Waals surface area contributed by atoms with E-state index in [0.29, 0.717) is 11.1 Å². The van der Waals surface area contributed by atoms with E-state index < -0.39 is 17.8 Å². The van der Waals surface area contributed by atoms with E-state index in [1.54, 1.807) is 12.1 Å². The zero-order valence-corrected chi connectivity index (χ0v) is 8.94. The summed E-state index contributed by atoms with van der Waals surface area (Å²) in [5, 5.41) is 8.63. The zero-order valence-electron chi connectivity index (χ0n) is 8.94. The molecular formula is C11H14FNO3. The highest BCUT2D eigenvalue weighted by Crippen LogP contribution is 2.15. The maximum absolute atomic E-state index is 13.8. The van der Waals surface area contributed by atoms with Gasteiger partial charge in [-0.1, -0.05) is 18.2 Å². The molecule has 0 aromatic heterocycles. The van der Waals surface area contributed by atoms with Crippen LogP contribution < -0.4 is 5.73 Å². The highest BCUT2D eigenvalue weighted by atomic mass is 19.1. The van der Waals surface area contributed by atoms with Crippen LogP contribution in [0.2, 0.25) is 0 Å². The number of aliphatic carboxylic acids is 1. The predicted molar refractivity (Wildman–Crippen MR) is 56.4 cm³/mol. The van der Waals surface area contributed by atoms with Crippen molar-refractivity contribution in [2.24, 2.45) is 5.73 Å². The first kappa shape index (κ1) is 12.6. The van der Waals surface area contributed by atoms with Gasteiger partial charge >= 0.3 is 5.97 Å². The summed E-state index contributed by atoms with van der Waals surface area (Å²) in [6.45, 7) is 0.155. The molecule has 0 spiro atoms. The van der Waals surface area contributed by atoms with Gasteiger partial charge in [-0.05, 0) is 5.56 Å². The van der Waals surface area contributed by atoms with Gasteiger partial charge in [0.2, 0.25) is 0 Å². The molecule has 1 unspecified atom stereocenters. The van der Waals surface area contributed by atoms with Crippen LogP contribution >= 0.6 is 0 Å². The molecule has 1 rings (SSSR count). The van der Waals surface area contributed by atoms with Crippen LogP contribution in [0, 0.1) is 5.82 Å². The highest BCUT2D eigenvalue weighted by molar-refractivity contribution is 5.73. The van der Waals surface area contributed by atoms with E-state index in [9.17, 15) is 9.18 Å². The first-order valence-electron chi connectivity index (χ1n) is 4.80. The molecule has 1 atom stereocenters. The fourth-order valence-corrected chi connectivity index (χ4v) is 1.38. The summed E-state index contributed by atoms with van der Waals surface area (Å²) >= 11 is 0. The first-order chi connectivity index (χ1) is 7.56. The van der Waals surface area contributed by atoms with Crippen molar-refractivity contribution in [3.05, 3.63) is 35.1 Å². The topological polar surface area (TPSA) is 72.5 Å². The molecule has 0 aliphatic heterocycles. The monoisotopic (exact) mass is 227 g/mol. The molecule has 0 heterocycles. The van der Waals surface area contributed by atoms with Crippen molar-refractivity contribution < 1.29 is 19.0 Å². The summed E-state index contributed by atoms with van der Waals surface area (Å²) in [5.41, 5.74) is 6.04. The lowest BCUT2D eigenvalue weighted by atomic mass is 10.0. The second-order valence-electron chi connectivity index (χ2n) is 3.47. The number of methoxy groups -OCH3 is 1. The van der Waals surface area contributed by atoms with Gasteiger partial charge in [0.25, 0.3) is 0 Å². The Morgan fingerprint density at radius 3 is 2.75 bits per heavy atom. The van der Waals surface area contributed by atoms with Gasteiger partial charge in [-0.3, -0.25) is 4.79 Å². The number of hydrogen-bond acceptors (Lipinski definition) is 3. The Bertz CT molecular complexity index is 381. The molecule has 0 aliphatic rings. The van der Waals surface area contributed by atoms with Gasteiger partial charge in [0.15, 0.2) is 0 Å². The van der Waals surface area contributed by atoms with Crippen LogP contribution in [0.3, 0.4) is 0 Å². The Morgan fingerprint density at radius 1 is 1.56 bits per heavy atom. The Labute approximate surface area is 92.8 Å². The molecule has 0 radical (unpaired) electrons. The minimum absolute atomic E-state index is 0.0290. The molecule has 1 aromatic carbocycles. The van der Waals surface area contributed by atoms with Gasteiger partial charge in [0.05, 0.1) is 6.61 Å². The molecule has 0 amide bonds. The van der Waals surface area contributed by atoms with Gasteiger partial charge in [-0.25, -0.2) is 4.39 Å². The Morgan fingerprint density at radius 2 is 2.19 bits per heavy atom. The number of benzene rings is 1. The minimum Gasteiger partial charge on any atom is -0.480 e. The van der Waals surface area contributed by atoms with Crippen LogP contribution in [0.1, 0.15) is 11.1 Å². The van der Waals surface area contributed by atoms with Gasteiger partial charge in [-0.15, -0.1) is 0 Å². The summed E-state index contributed by atoms with van der Waals surface area (Å²) in [4.78, 5) is 10.6. The summed E-state index contributed by atoms with van der Waals surface area (Å²) in [6.07, 6.45) is -0.0290. The third-order valence-corrected chi connectivity index (χ3v) is 2.22. The van der Waals surface area contributed by atoms with Crippen LogP contribution in [0.15, 0.2) is 18.2 Å². The lowest BCUT2D eigenvalue weighted by Gasteiger charge is -2.10. The average Bonchev–Trinajstić information content (AvgIpc) is 2.24. The van der Waals surface area contributed by atoms with E-state index in [4.69, 9.17) is 15.6 Å². The molecule has 4 nitrogen and oxygen atoms in total. The Balaban J connectivity index is 2.88. The standard InChI is InChI=1S/C11H14FNO3/c1-16-6-8-4-2-3-7(10(8)12)5-9(13)11(14)15/h2-4,9H,5-6,13H2,1H3,(H,14,15). The summed E-state index contributed by atoms with van der Waals surface area (Å²) < 4.78 is 18.6.